The van der Waals surface area contributed by atoms with Crippen LogP contribution in [0.15, 0.2) is 16.9 Å². The molecular weight excluding hydrogens is 154 g/mol. The Kier molecular flexibility index (Phi) is 3.02. The van der Waals surface area contributed by atoms with E-state index in [0.29, 0.717) is 18.7 Å². The molecule has 0 saturated heterocycles. The van der Waals surface area contributed by atoms with Crippen LogP contribution in [0.3, 0.4) is 0 Å². The fraction of sp³-hybridized carbons (Fsp3) is 0.556. The van der Waals surface area contributed by atoms with E-state index in [-0.39, 0.29) is 11.7 Å². The van der Waals surface area contributed by atoms with Gasteiger partial charge in [0.05, 0.1) is 6.20 Å². The third-order valence-electron chi connectivity index (χ3n) is 1.71. The van der Waals surface area contributed by atoms with Crippen molar-refractivity contribution < 1.29 is 9.21 Å². The summed E-state index contributed by atoms with van der Waals surface area (Å²) in [6.07, 6.45) is 4.26. The molecule has 0 aromatic carbocycles. The zero-order chi connectivity index (χ0) is 8.97. The maximum absolute atomic E-state index is 11.2. The van der Waals surface area contributed by atoms with Crippen LogP contribution < -0.4 is 0 Å². The van der Waals surface area contributed by atoms with Gasteiger partial charge in [0.2, 0.25) is 0 Å². The second kappa shape index (κ2) is 4.04. The van der Waals surface area contributed by atoms with Crippen LogP contribution in [0.25, 0.3) is 0 Å². The molecule has 0 fully saturated rings. The lowest BCUT2D eigenvalue weighted by molar-refractivity contribution is -0.121. The summed E-state index contributed by atoms with van der Waals surface area (Å²) in [4.78, 5) is 15.1. The van der Waals surface area contributed by atoms with Crippen LogP contribution in [0.5, 0.6) is 0 Å². The molecule has 0 N–H and O–H groups in total. The van der Waals surface area contributed by atoms with Crippen LogP contribution in [-0.2, 0) is 11.2 Å². The molecule has 0 bridgehead atoms. The predicted octanol–water partition coefficient (Wildman–Crippen LogP) is 1.83. The maximum Gasteiger partial charge on any atom is 0.194 e. The van der Waals surface area contributed by atoms with Crippen molar-refractivity contribution in [3.63, 3.8) is 0 Å². The second-order valence-corrected chi connectivity index (χ2v) is 3.05. The molecule has 0 aliphatic rings. The number of hydrogen-bond acceptors (Lipinski definition) is 3. The van der Waals surface area contributed by atoms with E-state index in [9.17, 15) is 4.79 Å². The van der Waals surface area contributed by atoms with E-state index in [4.69, 9.17) is 4.42 Å². The van der Waals surface area contributed by atoms with Crippen LogP contribution in [-0.4, -0.2) is 10.8 Å². The van der Waals surface area contributed by atoms with Crippen LogP contribution in [0.2, 0.25) is 0 Å². The van der Waals surface area contributed by atoms with E-state index in [1.807, 2.05) is 13.8 Å². The lowest BCUT2D eigenvalue weighted by Gasteiger charge is -2.00. The zero-order valence-electron chi connectivity index (χ0n) is 7.41. The van der Waals surface area contributed by atoms with Gasteiger partial charge in [-0.15, -0.1) is 0 Å². The first-order chi connectivity index (χ1) is 5.70. The van der Waals surface area contributed by atoms with Crippen molar-refractivity contribution in [3.05, 3.63) is 18.4 Å². The Hall–Kier alpha value is -1.12. The summed E-state index contributed by atoms with van der Waals surface area (Å²) in [5, 5.41) is 0. The number of oxazole rings is 1. The van der Waals surface area contributed by atoms with E-state index >= 15 is 0 Å². The van der Waals surface area contributed by atoms with Crippen LogP contribution in [0.1, 0.15) is 26.2 Å². The fourth-order valence-electron chi connectivity index (χ4n) is 0.895. The second-order valence-electron chi connectivity index (χ2n) is 3.05. The number of carbonyl (C=O) groups excluding carboxylic acids is 1. The standard InChI is InChI=1S/C9H13NO2/c1-7(2)8(11)3-4-9-10-5-6-12-9/h5-7H,3-4H2,1-2H3. The smallest absolute Gasteiger partial charge is 0.194 e. The van der Waals surface area contributed by atoms with Gasteiger partial charge in [-0.3, -0.25) is 4.79 Å². The highest BCUT2D eigenvalue weighted by molar-refractivity contribution is 5.80. The SMILES string of the molecule is CC(C)C(=O)CCc1ncco1. The Balaban J connectivity index is 2.32. The normalized spacial score (nSPS) is 10.6. The minimum absolute atomic E-state index is 0.111. The molecule has 3 nitrogen and oxygen atoms in total. The van der Waals surface area contributed by atoms with Crippen molar-refractivity contribution in [1.82, 2.24) is 4.98 Å². The number of ketones is 1. The van der Waals surface area contributed by atoms with Gasteiger partial charge in [-0.1, -0.05) is 13.8 Å². The summed E-state index contributed by atoms with van der Waals surface area (Å²) < 4.78 is 5.00. The quantitative estimate of drug-likeness (QED) is 0.687. The molecule has 0 saturated carbocycles. The van der Waals surface area contributed by atoms with Crippen molar-refractivity contribution in [1.29, 1.82) is 0 Å². The molecule has 0 radical (unpaired) electrons. The summed E-state index contributed by atoms with van der Waals surface area (Å²) in [6, 6.07) is 0. The van der Waals surface area contributed by atoms with Crippen molar-refractivity contribution >= 4 is 5.78 Å². The van der Waals surface area contributed by atoms with Crippen molar-refractivity contribution in [2.24, 2.45) is 5.92 Å². The number of aromatic nitrogens is 1. The van der Waals surface area contributed by atoms with Crippen LogP contribution in [0, 0.1) is 5.92 Å². The molecule has 1 aromatic rings. The van der Waals surface area contributed by atoms with E-state index in [2.05, 4.69) is 4.98 Å². The highest BCUT2D eigenvalue weighted by Gasteiger charge is 2.08. The summed E-state index contributed by atoms with van der Waals surface area (Å²) in [6.45, 7) is 3.80. The highest BCUT2D eigenvalue weighted by atomic mass is 16.3. The van der Waals surface area contributed by atoms with E-state index < -0.39 is 0 Å². The summed E-state index contributed by atoms with van der Waals surface area (Å²) in [5.41, 5.74) is 0. The van der Waals surface area contributed by atoms with Gasteiger partial charge in [-0.25, -0.2) is 4.98 Å². The van der Waals surface area contributed by atoms with Gasteiger partial charge in [0.1, 0.15) is 12.0 Å². The first-order valence-corrected chi connectivity index (χ1v) is 4.11. The summed E-state index contributed by atoms with van der Waals surface area (Å²) >= 11 is 0. The summed E-state index contributed by atoms with van der Waals surface area (Å²) in [7, 11) is 0. The molecule has 12 heavy (non-hydrogen) atoms. The average Bonchev–Trinajstić information content (AvgIpc) is 2.51. The van der Waals surface area contributed by atoms with Crippen LogP contribution in [0.4, 0.5) is 0 Å². The Bertz CT molecular complexity index is 239. The lowest BCUT2D eigenvalue weighted by atomic mass is 10.1. The molecule has 1 rings (SSSR count). The number of aryl methyl sites for hydroxylation is 1. The fourth-order valence-corrected chi connectivity index (χ4v) is 0.895. The number of rotatable bonds is 4. The third kappa shape index (κ3) is 2.49. The van der Waals surface area contributed by atoms with Crippen molar-refractivity contribution in [2.75, 3.05) is 0 Å². The minimum atomic E-state index is 0.111. The van der Waals surface area contributed by atoms with Gasteiger partial charge < -0.3 is 4.42 Å². The largest absolute Gasteiger partial charge is 0.449 e. The highest BCUT2D eigenvalue weighted by Crippen LogP contribution is 2.04. The van der Waals surface area contributed by atoms with Gasteiger partial charge in [0, 0.05) is 18.8 Å². The van der Waals surface area contributed by atoms with Gasteiger partial charge >= 0.3 is 0 Å². The minimum Gasteiger partial charge on any atom is -0.449 e. The van der Waals surface area contributed by atoms with Gasteiger partial charge in [0.15, 0.2) is 5.89 Å². The predicted molar refractivity (Wildman–Crippen MR) is 44.7 cm³/mol. The Morgan fingerprint density at radius 1 is 1.67 bits per heavy atom. The molecule has 1 heterocycles. The van der Waals surface area contributed by atoms with Crippen LogP contribution >= 0.6 is 0 Å². The Labute approximate surface area is 71.8 Å². The Morgan fingerprint density at radius 2 is 2.42 bits per heavy atom. The molecule has 3 heteroatoms. The molecule has 0 aliphatic carbocycles. The monoisotopic (exact) mass is 167 g/mol. The van der Waals surface area contributed by atoms with E-state index in [1.54, 1.807) is 6.20 Å². The zero-order valence-corrected chi connectivity index (χ0v) is 7.41. The number of Topliss-reactive ketones (excluding diaryl/α,β-unsaturated/α-hetero) is 1. The molecule has 0 atom stereocenters. The van der Waals surface area contributed by atoms with Crippen molar-refractivity contribution in [3.8, 4) is 0 Å². The molecule has 0 aliphatic heterocycles. The molecular formula is C9H13NO2. The molecule has 66 valence electrons. The number of carbonyl (C=O) groups is 1. The molecule has 0 amide bonds. The topological polar surface area (TPSA) is 43.1 Å². The Morgan fingerprint density at radius 3 is 2.92 bits per heavy atom. The molecule has 0 spiro atoms. The van der Waals surface area contributed by atoms with Gasteiger partial charge in [-0.05, 0) is 0 Å². The first-order valence-electron chi connectivity index (χ1n) is 4.11. The van der Waals surface area contributed by atoms with E-state index in [0.717, 1.165) is 0 Å². The summed E-state index contributed by atoms with van der Waals surface area (Å²) in [5.74, 6) is 1.01. The van der Waals surface area contributed by atoms with E-state index in [1.165, 1.54) is 6.26 Å². The average molecular weight is 167 g/mol. The lowest BCUT2D eigenvalue weighted by Crippen LogP contribution is -2.07. The molecule has 0 unspecified atom stereocenters. The van der Waals surface area contributed by atoms with Gasteiger partial charge in [-0.2, -0.15) is 0 Å². The third-order valence-corrected chi connectivity index (χ3v) is 1.71. The first kappa shape index (κ1) is 8.97. The maximum atomic E-state index is 11.2. The van der Waals surface area contributed by atoms with Gasteiger partial charge in [0.25, 0.3) is 0 Å². The number of hydrogen-bond donors (Lipinski definition) is 0. The number of nitrogens with zero attached hydrogens (tertiary/aromatic N) is 1. The van der Waals surface area contributed by atoms with Crippen molar-refractivity contribution in [2.45, 2.75) is 26.7 Å². The molecule has 1 aromatic heterocycles.